The van der Waals surface area contributed by atoms with Crippen molar-refractivity contribution >= 4 is 11.4 Å². The molecular formula is C15H18N2O3. The Labute approximate surface area is 117 Å². The summed E-state index contributed by atoms with van der Waals surface area (Å²) in [5, 5.41) is 14.3. The van der Waals surface area contributed by atoms with Crippen molar-refractivity contribution in [2.24, 2.45) is 0 Å². The van der Waals surface area contributed by atoms with Crippen LogP contribution in [0.4, 0.5) is 11.4 Å². The molecule has 0 saturated carbocycles. The van der Waals surface area contributed by atoms with Gasteiger partial charge in [-0.25, -0.2) is 0 Å². The van der Waals surface area contributed by atoms with E-state index in [9.17, 15) is 10.1 Å². The maximum Gasteiger partial charge on any atom is 0.274 e. The van der Waals surface area contributed by atoms with Gasteiger partial charge in [-0.1, -0.05) is 0 Å². The lowest BCUT2D eigenvalue weighted by molar-refractivity contribution is -0.385. The van der Waals surface area contributed by atoms with Crippen molar-refractivity contribution in [2.45, 2.75) is 33.2 Å². The van der Waals surface area contributed by atoms with Gasteiger partial charge in [0.25, 0.3) is 5.69 Å². The van der Waals surface area contributed by atoms with Crippen LogP contribution in [0.25, 0.3) is 0 Å². The summed E-state index contributed by atoms with van der Waals surface area (Å²) in [6.07, 6.45) is 2.37. The van der Waals surface area contributed by atoms with Crippen LogP contribution in [-0.2, 0) is 6.42 Å². The fourth-order valence-corrected chi connectivity index (χ4v) is 2.24. The molecule has 1 N–H and O–H groups in total. The highest BCUT2D eigenvalue weighted by Gasteiger charge is 2.15. The lowest BCUT2D eigenvalue weighted by Crippen LogP contribution is -2.18. The molecule has 106 valence electrons. The van der Waals surface area contributed by atoms with Crippen LogP contribution in [0, 0.1) is 24.0 Å². The minimum absolute atomic E-state index is 0.127. The minimum atomic E-state index is -0.350. The highest BCUT2D eigenvalue weighted by molar-refractivity contribution is 5.60. The lowest BCUT2D eigenvalue weighted by Gasteiger charge is -2.16. The SMILES string of the molecule is Cc1cc(C)c([N+](=O)[O-])cc1NC(C)Cc1ccco1. The molecule has 0 spiro atoms. The summed E-state index contributed by atoms with van der Waals surface area (Å²) in [7, 11) is 0. The molecule has 2 rings (SSSR count). The topological polar surface area (TPSA) is 68.3 Å². The van der Waals surface area contributed by atoms with Crippen LogP contribution in [0.3, 0.4) is 0 Å². The number of benzene rings is 1. The van der Waals surface area contributed by atoms with E-state index in [-0.39, 0.29) is 16.7 Å². The monoisotopic (exact) mass is 274 g/mol. The Balaban J connectivity index is 2.16. The summed E-state index contributed by atoms with van der Waals surface area (Å²) in [4.78, 5) is 10.6. The number of furan rings is 1. The molecule has 0 aliphatic rings. The Morgan fingerprint density at radius 1 is 1.35 bits per heavy atom. The molecular weight excluding hydrogens is 256 g/mol. The van der Waals surface area contributed by atoms with Gasteiger partial charge in [0.05, 0.1) is 11.2 Å². The maximum atomic E-state index is 11.0. The van der Waals surface area contributed by atoms with Gasteiger partial charge in [-0.2, -0.15) is 0 Å². The Hall–Kier alpha value is -2.30. The van der Waals surface area contributed by atoms with Crippen LogP contribution in [0.2, 0.25) is 0 Å². The number of anilines is 1. The first-order chi connectivity index (χ1) is 9.47. The molecule has 1 aromatic heterocycles. The zero-order valence-electron chi connectivity index (χ0n) is 11.8. The molecule has 20 heavy (non-hydrogen) atoms. The van der Waals surface area contributed by atoms with Crippen molar-refractivity contribution in [1.82, 2.24) is 0 Å². The summed E-state index contributed by atoms with van der Waals surface area (Å²) in [6.45, 7) is 5.72. The van der Waals surface area contributed by atoms with E-state index in [1.54, 1.807) is 19.3 Å². The third-order valence-corrected chi connectivity index (χ3v) is 3.23. The second kappa shape index (κ2) is 5.77. The lowest BCUT2D eigenvalue weighted by atomic mass is 10.1. The summed E-state index contributed by atoms with van der Waals surface area (Å²) in [5.41, 5.74) is 2.61. The van der Waals surface area contributed by atoms with E-state index < -0.39 is 0 Å². The molecule has 1 atom stereocenters. The van der Waals surface area contributed by atoms with Crippen LogP contribution < -0.4 is 5.32 Å². The minimum Gasteiger partial charge on any atom is -0.469 e. The van der Waals surface area contributed by atoms with E-state index in [4.69, 9.17) is 4.42 Å². The Bertz CT molecular complexity index is 606. The van der Waals surface area contributed by atoms with Gasteiger partial charge in [0.15, 0.2) is 0 Å². The average molecular weight is 274 g/mol. The maximum absolute atomic E-state index is 11.0. The van der Waals surface area contributed by atoms with E-state index in [0.29, 0.717) is 5.56 Å². The fourth-order valence-electron chi connectivity index (χ4n) is 2.24. The number of hydrogen-bond acceptors (Lipinski definition) is 4. The normalized spacial score (nSPS) is 12.2. The molecule has 5 nitrogen and oxygen atoms in total. The van der Waals surface area contributed by atoms with Crippen molar-refractivity contribution in [3.8, 4) is 0 Å². The van der Waals surface area contributed by atoms with Crippen molar-refractivity contribution in [3.63, 3.8) is 0 Å². The first-order valence-corrected chi connectivity index (χ1v) is 6.52. The molecule has 1 aromatic carbocycles. The molecule has 5 heteroatoms. The van der Waals surface area contributed by atoms with E-state index >= 15 is 0 Å². The van der Waals surface area contributed by atoms with Gasteiger partial charge >= 0.3 is 0 Å². The first-order valence-electron chi connectivity index (χ1n) is 6.52. The zero-order valence-corrected chi connectivity index (χ0v) is 11.8. The summed E-state index contributed by atoms with van der Waals surface area (Å²) < 4.78 is 5.30. The number of rotatable bonds is 5. The van der Waals surface area contributed by atoms with E-state index in [2.05, 4.69) is 5.32 Å². The standard InChI is InChI=1S/C15H18N2O3/c1-10-7-11(2)15(17(18)19)9-14(10)16-12(3)8-13-5-4-6-20-13/h4-7,9,12,16H,8H2,1-3H3. The first kappa shape index (κ1) is 14.1. The largest absolute Gasteiger partial charge is 0.469 e. The number of nitrogens with zero attached hydrogens (tertiary/aromatic N) is 1. The number of nitrogens with one attached hydrogen (secondary N) is 1. The number of hydrogen-bond donors (Lipinski definition) is 1. The molecule has 0 fully saturated rings. The number of nitro groups is 1. The van der Waals surface area contributed by atoms with E-state index in [1.807, 2.05) is 32.0 Å². The summed E-state index contributed by atoms with van der Waals surface area (Å²) in [6, 6.07) is 7.33. The van der Waals surface area contributed by atoms with Crippen LogP contribution in [0.15, 0.2) is 34.9 Å². The molecule has 1 heterocycles. The number of nitro benzene ring substituents is 1. The summed E-state index contributed by atoms with van der Waals surface area (Å²) >= 11 is 0. The Morgan fingerprint density at radius 2 is 2.10 bits per heavy atom. The van der Waals surface area contributed by atoms with Gasteiger partial charge < -0.3 is 9.73 Å². The Morgan fingerprint density at radius 3 is 2.70 bits per heavy atom. The predicted molar refractivity (Wildman–Crippen MR) is 78.1 cm³/mol. The van der Waals surface area contributed by atoms with Crippen LogP contribution in [0.1, 0.15) is 23.8 Å². The smallest absolute Gasteiger partial charge is 0.274 e. The zero-order chi connectivity index (χ0) is 14.7. The quantitative estimate of drug-likeness (QED) is 0.664. The molecule has 1 unspecified atom stereocenters. The average Bonchev–Trinajstić information content (AvgIpc) is 2.84. The van der Waals surface area contributed by atoms with Gasteiger partial charge in [0, 0.05) is 29.8 Å². The van der Waals surface area contributed by atoms with Crippen molar-refractivity contribution in [2.75, 3.05) is 5.32 Å². The molecule has 2 aromatic rings. The van der Waals surface area contributed by atoms with Gasteiger partial charge in [-0.15, -0.1) is 0 Å². The third kappa shape index (κ3) is 3.17. The van der Waals surface area contributed by atoms with Crippen molar-refractivity contribution in [1.29, 1.82) is 0 Å². The van der Waals surface area contributed by atoms with Crippen LogP contribution in [0.5, 0.6) is 0 Å². The van der Waals surface area contributed by atoms with E-state index in [0.717, 1.165) is 23.4 Å². The van der Waals surface area contributed by atoms with Gasteiger partial charge in [0.2, 0.25) is 0 Å². The molecule has 0 bridgehead atoms. The predicted octanol–water partition coefficient (Wildman–Crippen LogP) is 3.85. The van der Waals surface area contributed by atoms with Crippen LogP contribution in [-0.4, -0.2) is 11.0 Å². The van der Waals surface area contributed by atoms with Crippen molar-refractivity contribution in [3.05, 3.63) is 57.5 Å². The molecule has 0 aliphatic heterocycles. The van der Waals surface area contributed by atoms with Gasteiger partial charge in [-0.05, 0) is 44.5 Å². The second-order valence-corrected chi connectivity index (χ2v) is 5.04. The fraction of sp³-hybridized carbons (Fsp3) is 0.333. The third-order valence-electron chi connectivity index (χ3n) is 3.23. The van der Waals surface area contributed by atoms with Gasteiger partial charge in [-0.3, -0.25) is 10.1 Å². The van der Waals surface area contributed by atoms with Crippen LogP contribution >= 0.6 is 0 Å². The van der Waals surface area contributed by atoms with Crippen molar-refractivity contribution < 1.29 is 9.34 Å². The summed E-state index contributed by atoms with van der Waals surface area (Å²) in [5.74, 6) is 0.893. The molecule has 0 saturated heterocycles. The molecule has 0 radical (unpaired) electrons. The molecule has 0 amide bonds. The molecule has 0 aliphatic carbocycles. The highest BCUT2D eigenvalue weighted by Crippen LogP contribution is 2.27. The highest BCUT2D eigenvalue weighted by atomic mass is 16.6. The number of aryl methyl sites for hydroxylation is 2. The van der Waals surface area contributed by atoms with Gasteiger partial charge in [0.1, 0.15) is 5.76 Å². The Kier molecular flexibility index (Phi) is 4.08. The second-order valence-electron chi connectivity index (χ2n) is 5.04. The van der Waals surface area contributed by atoms with E-state index in [1.165, 1.54) is 0 Å².